The van der Waals surface area contributed by atoms with Crippen LogP contribution in [0.5, 0.6) is 0 Å². The van der Waals surface area contributed by atoms with Gasteiger partial charge in [0.15, 0.2) is 0 Å². The lowest BCUT2D eigenvalue weighted by molar-refractivity contribution is 0.183. The highest BCUT2D eigenvalue weighted by Gasteiger charge is 2.00. The lowest BCUT2D eigenvalue weighted by atomic mass is 10.1. The first-order valence-corrected chi connectivity index (χ1v) is 5.38. The summed E-state index contributed by atoms with van der Waals surface area (Å²) in [6.07, 6.45) is 1.58. The molecule has 4 N–H and O–H groups in total. The second-order valence-electron chi connectivity index (χ2n) is 3.94. The summed E-state index contributed by atoms with van der Waals surface area (Å²) in [5, 5.41) is 12.4. The summed E-state index contributed by atoms with van der Waals surface area (Å²) >= 11 is 0. The number of nitrogens with two attached hydrogens (primary N) is 1. The Balaban J connectivity index is 2.41. The molecule has 0 bridgehead atoms. The Morgan fingerprint density at radius 1 is 1.47 bits per heavy atom. The molecular weight excluding hydrogens is 188 g/mol. The van der Waals surface area contributed by atoms with Crippen LogP contribution in [0.2, 0.25) is 0 Å². The minimum Gasteiger partial charge on any atom is -0.398 e. The third-order valence-corrected chi connectivity index (χ3v) is 2.49. The molecule has 0 saturated carbocycles. The zero-order valence-electron chi connectivity index (χ0n) is 9.46. The zero-order chi connectivity index (χ0) is 11.3. The topological polar surface area (TPSA) is 58.3 Å². The van der Waals surface area contributed by atoms with E-state index in [2.05, 4.69) is 5.32 Å². The quantitative estimate of drug-likeness (QED) is 0.513. The molecular formula is C12H20N2O. The highest BCUT2D eigenvalue weighted by atomic mass is 16.3. The summed E-state index contributed by atoms with van der Waals surface area (Å²) in [5.74, 6) is 0. The summed E-state index contributed by atoms with van der Waals surface area (Å²) in [6.45, 7) is 4.69. The Bertz CT molecular complexity index is 310. The van der Waals surface area contributed by atoms with E-state index in [4.69, 9.17) is 10.8 Å². The van der Waals surface area contributed by atoms with Crippen LogP contribution in [0.4, 0.5) is 11.4 Å². The molecule has 0 saturated heterocycles. The fraction of sp³-hybridized carbons (Fsp3) is 0.500. The van der Waals surface area contributed by atoms with Crippen LogP contribution in [0.25, 0.3) is 0 Å². The number of nitrogens with one attached hydrogen (secondary N) is 1. The van der Waals surface area contributed by atoms with Gasteiger partial charge in [0, 0.05) is 17.9 Å². The minimum atomic E-state index is -0.214. The molecule has 0 fully saturated rings. The van der Waals surface area contributed by atoms with Crippen molar-refractivity contribution >= 4 is 11.4 Å². The number of aliphatic hydroxyl groups excluding tert-OH is 1. The van der Waals surface area contributed by atoms with Crippen LogP contribution in [-0.4, -0.2) is 17.8 Å². The van der Waals surface area contributed by atoms with Gasteiger partial charge in [0.2, 0.25) is 0 Å². The smallest absolute Gasteiger partial charge is 0.0512 e. The summed E-state index contributed by atoms with van der Waals surface area (Å²) in [6, 6.07) is 5.86. The average molecular weight is 208 g/mol. The van der Waals surface area contributed by atoms with Gasteiger partial charge in [-0.3, -0.25) is 0 Å². The van der Waals surface area contributed by atoms with Gasteiger partial charge in [-0.1, -0.05) is 6.07 Å². The van der Waals surface area contributed by atoms with Crippen LogP contribution in [0.1, 0.15) is 25.3 Å². The Morgan fingerprint density at radius 2 is 2.20 bits per heavy atom. The Morgan fingerprint density at radius 3 is 2.87 bits per heavy atom. The van der Waals surface area contributed by atoms with E-state index in [9.17, 15) is 0 Å². The standard InChI is InChI=1S/C12H20N2O/c1-9(15)5-4-8-14-12-7-3-6-11(13)10(12)2/h3,6-7,9,14-15H,4-5,8,13H2,1-2H3. The number of nitrogen functional groups attached to an aromatic ring is 1. The van der Waals surface area contributed by atoms with E-state index in [1.807, 2.05) is 32.0 Å². The predicted molar refractivity (Wildman–Crippen MR) is 65.0 cm³/mol. The van der Waals surface area contributed by atoms with Gasteiger partial charge >= 0.3 is 0 Å². The monoisotopic (exact) mass is 208 g/mol. The highest BCUT2D eigenvalue weighted by molar-refractivity contribution is 5.62. The highest BCUT2D eigenvalue weighted by Crippen LogP contribution is 2.20. The number of rotatable bonds is 5. The van der Waals surface area contributed by atoms with Crippen LogP contribution in [0.15, 0.2) is 18.2 Å². The maximum Gasteiger partial charge on any atom is 0.0512 e. The molecule has 1 aromatic carbocycles. The lowest BCUT2D eigenvalue weighted by Crippen LogP contribution is -2.07. The first kappa shape index (κ1) is 11.9. The van der Waals surface area contributed by atoms with Gasteiger partial charge < -0.3 is 16.2 Å². The van der Waals surface area contributed by atoms with Crippen molar-refractivity contribution in [3.8, 4) is 0 Å². The van der Waals surface area contributed by atoms with Crippen LogP contribution in [0.3, 0.4) is 0 Å². The summed E-state index contributed by atoms with van der Waals surface area (Å²) in [4.78, 5) is 0. The molecule has 84 valence electrons. The van der Waals surface area contributed by atoms with Crippen molar-refractivity contribution in [2.75, 3.05) is 17.6 Å². The number of benzene rings is 1. The van der Waals surface area contributed by atoms with E-state index in [0.717, 1.165) is 36.3 Å². The lowest BCUT2D eigenvalue weighted by Gasteiger charge is -2.11. The molecule has 0 aliphatic carbocycles. The normalized spacial score (nSPS) is 12.5. The number of hydrogen-bond acceptors (Lipinski definition) is 3. The SMILES string of the molecule is Cc1c(N)cccc1NCCCC(C)O. The molecule has 0 aliphatic rings. The number of hydrogen-bond donors (Lipinski definition) is 3. The van der Waals surface area contributed by atoms with Crippen molar-refractivity contribution in [3.05, 3.63) is 23.8 Å². The molecule has 0 heterocycles. The van der Waals surface area contributed by atoms with E-state index in [0.29, 0.717) is 0 Å². The minimum absolute atomic E-state index is 0.214. The third-order valence-electron chi connectivity index (χ3n) is 2.49. The van der Waals surface area contributed by atoms with Crippen LogP contribution in [0, 0.1) is 6.92 Å². The molecule has 15 heavy (non-hydrogen) atoms. The first-order valence-electron chi connectivity index (χ1n) is 5.38. The predicted octanol–water partition coefficient (Wildman–Crippen LogP) is 2.15. The second-order valence-corrected chi connectivity index (χ2v) is 3.94. The van der Waals surface area contributed by atoms with E-state index in [-0.39, 0.29) is 6.10 Å². The second kappa shape index (κ2) is 5.61. The molecule has 0 aromatic heterocycles. The van der Waals surface area contributed by atoms with E-state index in [1.54, 1.807) is 0 Å². The van der Waals surface area contributed by atoms with Crippen LogP contribution < -0.4 is 11.1 Å². The van der Waals surface area contributed by atoms with Gasteiger partial charge in [0.1, 0.15) is 0 Å². The van der Waals surface area contributed by atoms with Gasteiger partial charge in [0.25, 0.3) is 0 Å². The number of aliphatic hydroxyl groups is 1. The first-order chi connectivity index (χ1) is 7.11. The summed E-state index contributed by atoms with van der Waals surface area (Å²) in [7, 11) is 0. The third kappa shape index (κ3) is 3.80. The summed E-state index contributed by atoms with van der Waals surface area (Å²) < 4.78 is 0. The summed E-state index contributed by atoms with van der Waals surface area (Å²) in [5.41, 5.74) is 8.78. The molecule has 1 atom stereocenters. The Labute approximate surface area is 91.3 Å². The van der Waals surface area contributed by atoms with E-state index >= 15 is 0 Å². The van der Waals surface area contributed by atoms with Crippen LogP contribution in [-0.2, 0) is 0 Å². The van der Waals surface area contributed by atoms with Gasteiger partial charge in [0.05, 0.1) is 6.10 Å². The maximum atomic E-state index is 9.10. The van der Waals surface area contributed by atoms with Crippen molar-refractivity contribution in [2.45, 2.75) is 32.8 Å². The molecule has 0 aliphatic heterocycles. The molecule has 0 radical (unpaired) electrons. The fourth-order valence-corrected chi connectivity index (χ4v) is 1.47. The van der Waals surface area contributed by atoms with Gasteiger partial charge in [-0.2, -0.15) is 0 Å². The van der Waals surface area contributed by atoms with Crippen molar-refractivity contribution in [3.63, 3.8) is 0 Å². The van der Waals surface area contributed by atoms with Crippen molar-refractivity contribution in [1.29, 1.82) is 0 Å². The molecule has 1 unspecified atom stereocenters. The molecule has 0 spiro atoms. The maximum absolute atomic E-state index is 9.10. The Kier molecular flexibility index (Phi) is 4.43. The fourth-order valence-electron chi connectivity index (χ4n) is 1.47. The zero-order valence-corrected chi connectivity index (χ0v) is 9.46. The van der Waals surface area contributed by atoms with Gasteiger partial charge in [-0.15, -0.1) is 0 Å². The van der Waals surface area contributed by atoms with Crippen molar-refractivity contribution in [1.82, 2.24) is 0 Å². The molecule has 3 nitrogen and oxygen atoms in total. The molecule has 0 amide bonds. The van der Waals surface area contributed by atoms with Gasteiger partial charge in [-0.25, -0.2) is 0 Å². The van der Waals surface area contributed by atoms with E-state index in [1.165, 1.54) is 0 Å². The van der Waals surface area contributed by atoms with Crippen molar-refractivity contribution < 1.29 is 5.11 Å². The van der Waals surface area contributed by atoms with E-state index < -0.39 is 0 Å². The molecule has 1 aromatic rings. The van der Waals surface area contributed by atoms with Crippen LogP contribution >= 0.6 is 0 Å². The number of anilines is 2. The van der Waals surface area contributed by atoms with Crippen molar-refractivity contribution in [2.24, 2.45) is 0 Å². The Hall–Kier alpha value is -1.22. The molecule has 1 rings (SSSR count). The van der Waals surface area contributed by atoms with Gasteiger partial charge in [-0.05, 0) is 44.4 Å². The average Bonchev–Trinajstić information content (AvgIpc) is 2.18. The molecule has 3 heteroatoms. The largest absolute Gasteiger partial charge is 0.398 e.